The summed E-state index contributed by atoms with van der Waals surface area (Å²) in [4.78, 5) is 0. The molecule has 2 nitrogen and oxygen atoms in total. The second-order valence-electron chi connectivity index (χ2n) is 5.45. The molecule has 0 radical (unpaired) electrons. The highest BCUT2D eigenvalue weighted by molar-refractivity contribution is 6.31. The van der Waals surface area contributed by atoms with Crippen LogP contribution in [0.3, 0.4) is 0 Å². The second kappa shape index (κ2) is 5.56. The molecule has 2 aromatic rings. The SMILES string of the molecule is CCCNC(c1cc2cc(Cl)ccc2o1)C1CCC1. The molecule has 1 N–H and O–H groups in total. The van der Waals surface area contributed by atoms with Crippen molar-refractivity contribution in [1.29, 1.82) is 0 Å². The first-order valence-corrected chi connectivity index (χ1v) is 7.58. The van der Waals surface area contributed by atoms with E-state index in [0.29, 0.717) is 6.04 Å². The normalized spacial score (nSPS) is 17.6. The maximum Gasteiger partial charge on any atom is 0.134 e. The Morgan fingerprint density at radius 1 is 1.37 bits per heavy atom. The van der Waals surface area contributed by atoms with Crippen LogP contribution < -0.4 is 5.32 Å². The van der Waals surface area contributed by atoms with Crippen LogP contribution in [0, 0.1) is 5.92 Å². The van der Waals surface area contributed by atoms with E-state index in [2.05, 4.69) is 18.3 Å². The summed E-state index contributed by atoms with van der Waals surface area (Å²) in [6.07, 6.45) is 5.11. The predicted octanol–water partition coefficient (Wildman–Crippen LogP) is 4.93. The van der Waals surface area contributed by atoms with Crippen LogP contribution in [0.1, 0.15) is 44.4 Å². The van der Waals surface area contributed by atoms with E-state index in [-0.39, 0.29) is 0 Å². The molecule has 1 unspecified atom stereocenters. The summed E-state index contributed by atoms with van der Waals surface area (Å²) in [6, 6.07) is 8.32. The van der Waals surface area contributed by atoms with Gasteiger partial charge in [0.25, 0.3) is 0 Å². The van der Waals surface area contributed by atoms with Crippen LogP contribution in [0.25, 0.3) is 11.0 Å². The van der Waals surface area contributed by atoms with Gasteiger partial charge in [-0.15, -0.1) is 0 Å². The van der Waals surface area contributed by atoms with Gasteiger partial charge in [-0.05, 0) is 56.0 Å². The van der Waals surface area contributed by atoms with E-state index in [9.17, 15) is 0 Å². The molecule has 1 aliphatic rings. The molecule has 1 saturated carbocycles. The number of furan rings is 1. The molecular weight excluding hydrogens is 258 g/mol. The van der Waals surface area contributed by atoms with Gasteiger partial charge in [0.2, 0.25) is 0 Å². The van der Waals surface area contributed by atoms with Gasteiger partial charge in [0.1, 0.15) is 11.3 Å². The van der Waals surface area contributed by atoms with Gasteiger partial charge in [0.15, 0.2) is 0 Å². The molecular formula is C16H20ClNO. The first-order chi connectivity index (χ1) is 9.28. The average Bonchev–Trinajstić information content (AvgIpc) is 2.74. The van der Waals surface area contributed by atoms with Gasteiger partial charge in [-0.2, -0.15) is 0 Å². The van der Waals surface area contributed by atoms with Crippen molar-refractivity contribution in [3.63, 3.8) is 0 Å². The summed E-state index contributed by atoms with van der Waals surface area (Å²) in [7, 11) is 0. The van der Waals surface area contributed by atoms with Crippen molar-refractivity contribution in [2.45, 2.75) is 38.6 Å². The Morgan fingerprint density at radius 2 is 2.21 bits per heavy atom. The van der Waals surface area contributed by atoms with Crippen molar-refractivity contribution in [2.75, 3.05) is 6.54 Å². The standard InChI is InChI=1S/C16H20ClNO/c1-2-8-18-16(11-4-3-5-11)15-10-12-9-13(17)6-7-14(12)19-15/h6-7,9-11,16,18H,2-5,8H2,1H3. The predicted molar refractivity (Wildman–Crippen MR) is 79.6 cm³/mol. The fraction of sp³-hybridized carbons (Fsp3) is 0.500. The van der Waals surface area contributed by atoms with Gasteiger partial charge in [-0.25, -0.2) is 0 Å². The summed E-state index contributed by atoms with van der Waals surface area (Å²) in [5.74, 6) is 1.79. The van der Waals surface area contributed by atoms with Crippen LogP contribution in [0.15, 0.2) is 28.7 Å². The molecule has 0 aliphatic heterocycles. The molecule has 1 aromatic carbocycles. The van der Waals surface area contributed by atoms with Crippen LogP contribution in [-0.4, -0.2) is 6.54 Å². The summed E-state index contributed by atoms with van der Waals surface area (Å²) in [6.45, 7) is 3.24. The lowest BCUT2D eigenvalue weighted by Gasteiger charge is -2.33. The molecule has 1 heterocycles. The first-order valence-electron chi connectivity index (χ1n) is 7.20. The van der Waals surface area contributed by atoms with Crippen molar-refractivity contribution < 1.29 is 4.42 Å². The fourth-order valence-corrected chi connectivity index (χ4v) is 2.94. The lowest BCUT2D eigenvalue weighted by Crippen LogP contribution is -2.32. The molecule has 3 heteroatoms. The number of nitrogens with one attached hydrogen (secondary N) is 1. The maximum atomic E-state index is 6.03. The van der Waals surface area contributed by atoms with Crippen LogP contribution in [-0.2, 0) is 0 Å². The van der Waals surface area contributed by atoms with Gasteiger partial charge < -0.3 is 9.73 Å². The zero-order valence-corrected chi connectivity index (χ0v) is 12.0. The van der Waals surface area contributed by atoms with Crippen LogP contribution in [0.2, 0.25) is 5.02 Å². The molecule has 0 spiro atoms. The quantitative estimate of drug-likeness (QED) is 0.838. The topological polar surface area (TPSA) is 25.2 Å². The Bertz CT molecular complexity index is 559. The number of fused-ring (bicyclic) bond motifs is 1. The zero-order valence-electron chi connectivity index (χ0n) is 11.3. The molecule has 19 heavy (non-hydrogen) atoms. The molecule has 1 atom stereocenters. The van der Waals surface area contributed by atoms with Gasteiger partial charge >= 0.3 is 0 Å². The molecule has 0 bridgehead atoms. The second-order valence-corrected chi connectivity index (χ2v) is 5.89. The van der Waals surface area contributed by atoms with E-state index in [1.807, 2.05) is 18.2 Å². The molecule has 0 amide bonds. The van der Waals surface area contributed by atoms with Crippen LogP contribution in [0.4, 0.5) is 0 Å². The number of rotatable bonds is 5. The van der Waals surface area contributed by atoms with Gasteiger partial charge in [0.05, 0.1) is 6.04 Å². The number of halogens is 1. The van der Waals surface area contributed by atoms with Crippen molar-refractivity contribution in [1.82, 2.24) is 5.32 Å². The molecule has 1 fully saturated rings. The monoisotopic (exact) mass is 277 g/mol. The summed E-state index contributed by atoms with van der Waals surface area (Å²) in [5.41, 5.74) is 0.932. The van der Waals surface area contributed by atoms with Crippen LogP contribution >= 0.6 is 11.6 Å². The number of benzene rings is 1. The summed E-state index contributed by atoms with van der Waals surface area (Å²) in [5, 5.41) is 5.50. The minimum atomic E-state index is 0.361. The molecule has 102 valence electrons. The van der Waals surface area contributed by atoms with Crippen molar-refractivity contribution in [3.05, 3.63) is 35.0 Å². The molecule has 0 saturated heterocycles. The zero-order chi connectivity index (χ0) is 13.2. The largest absolute Gasteiger partial charge is 0.459 e. The molecule has 1 aliphatic carbocycles. The van der Waals surface area contributed by atoms with E-state index < -0.39 is 0 Å². The Labute approximate surface area is 119 Å². The van der Waals surface area contributed by atoms with Crippen molar-refractivity contribution in [3.8, 4) is 0 Å². The third-order valence-corrected chi connectivity index (χ3v) is 4.27. The van der Waals surface area contributed by atoms with E-state index in [1.54, 1.807) is 0 Å². The highest BCUT2D eigenvalue weighted by Crippen LogP contribution is 2.39. The Balaban J connectivity index is 1.89. The Hall–Kier alpha value is -0.990. The smallest absolute Gasteiger partial charge is 0.134 e. The first kappa shape index (κ1) is 13.0. The maximum absolute atomic E-state index is 6.03. The molecule has 3 rings (SSSR count). The van der Waals surface area contributed by atoms with Gasteiger partial charge in [-0.3, -0.25) is 0 Å². The highest BCUT2D eigenvalue weighted by atomic mass is 35.5. The van der Waals surface area contributed by atoms with Gasteiger partial charge in [0, 0.05) is 10.4 Å². The number of hydrogen-bond acceptors (Lipinski definition) is 2. The number of hydrogen-bond donors (Lipinski definition) is 1. The summed E-state index contributed by atoms with van der Waals surface area (Å²) < 4.78 is 6.02. The lowest BCUT2D eigenvalue weighted by atomic mass is 9.78. The fourth-order valence-electron chi connectivity index (χ4n) is 2.76. The minimum absolute atomic E-state index is 0.361. The molecule has 1 aromatic heterocycles. The van der Waals surface area contributed by atoms with E-state index >= 15 is 0 Å². The van der Waals surface area contributed by atoms with Crippen molar-refractivity contribution >= 4 is 22.6 Å². The van der Waals surface area contributed by atoms with Gasteiger partial charge in [-0.1, -0.05) is 24.9 Å². The van der Waals surface area contributed by atoms with Crippen molar-refractivity contribution in [2.24, 2.45) is 5.92 Å². The third kappa shape index (κ3) is 2.65. The van der Waals surface area contributed by atoms with Crippen LogP contribution in [0.5, 0.6) is 0 Å². The summed E-state index contributed by atoms with van der Waals surface area (Å²) >= 11 is 6.03. The Kier molecular flexibility index (Phi) is 3.81. The average molecular weight is 278 g/mol. The highest BCUT2D eigenvalue weighted by Gasteiger charge is 2.30. The lowest BCUT2D eigenvalue weighted by molar-refractivity contribution is 0.210. The third-order valence-electron chi connectivity index (χ3n) is 4.04. The van der Waals surface area contributed by atoms with E-state index in [4.69, 9.17) is 16.0 Å². The minimum Gasteiger partial charge on any atom is -0.459 e. The Morgan fingerprint density at radius 3 is 2.89 bits per heavy atom. The van der Waals surface area contributed by atoms with E-state index in [1.165, 1.54) is 19.3 Å². The van der Waals surface area contributed by atoms with E-state index in [0.717, 1.165) is 40.6 Å².